The van der Waals surface area contributed by atoms with Crippen LogP contribution in [0.25, 0.3) is 0 Å². The topological polar surface area (TPSA) is 59.2 Å². The van der Waals surface area contributed by atoms with Crippen molar-refractivity contribution in [2.75, 3.05) is 6.54 Å². The lowest BCUT2D eigenvalue weighted by molar-refractivity contribution is -0.130. The zero-order chi connectivity index (χ0) is 17.2. The summed E-state index contributed by atoms with van der Waals surface area (Å²) in [4.78, 5) is 18.9. The normalized spacial score (nSPS) is 25.6. The molecule has 0 bridgehead atoms. The maximum atomic E-state index is 12.8. The average molecular weight is 331 g/mol. The highest BCUT2D eigenvalue weighted by atomic mass is 16.5. The number of aromatic nitrogens is 2. The van der Waals surface area contributed by atoms with Gasteiger partial charge >= 0.3 is 0 Å². The van der Waals surface area contributed by atoms with Gasteiger partial charge in [0.1, 0.15) is 0 Å². The lowest BCUT2D eigenvalue weighted by Gasteiger charge is -2.35. The van der Waals surface area contributed by atoms with E-state index in [9.17, 15) is 4.79 Å². The van der Waals surface area contributed by atoms with Crippen LogP contribution in [0.3, 0.4) is 0 Å². The first-order valence-electron chi connectivity index (χ1n) is 9.21. The van der Waals surface area contributed by atoms with Gasteiger partial charge in [-0.2, -0.15) is 4.98 Å². The van der Waals surface area contributed by atoms with Gasteiger partial charge in [-0.25, -0.2) is 0 Å². The van der Waals surface area contributed by atoms with Gasteiger partial charge in [0.05, 0.1) is 6.04 Å². The fraction of sp³-hybridized carbons (Fsp3) is 0.737. The van der Waals surface area contributed by atoms with E-state index in [4.69, 9.17) is 4.52 Å². The van der Waals surface area contributed by atoms with E-state index in [1.54, 1.807) is 0 Å². The molecule has 0 aromatic carbocycles. The zero-order valence-electron chi connectivity index (χ0n) is 15.1. The second-order valence-corrected chi connectivity index (χ2v) is 8.28. The molecule has 1 aromatic heterocycles. The van der Waals surface area contributed by atoms with Crippen molar-refractivity contribution in [2.24, 2.45) is 11.3 Å². The predicted octanol–water partition coefficient (Wildman–Crippen LogP) is 4.29. The summed E-state index contributed by atoms with van der Waals surface area (Å²) in [5, 5.41) is 3.96. The number of allylic oxidation sites excluding steroid dienone is 1. The lowest BCUT2D eigenvalue weighted by Crippen LogP contribution is -2.38. The molecule has 2 aliphatic rings. The van der Waals surface area contributed by atoms with Crippen molar-refractivity contribution in [2.45, 2.75) is 71.8 Å². The number of piperidine rings is 1. The minimum Gasteiger partial charge on any atom is -0.343 e. The molecular weight excluding hydrogens is 302 g/mol. The lowest BCUT2D eigenvalue weighted by atomic mass is 9.71. The van der Waals surface area contributed by atoms with E-state index in [0.29, 0.717) is 11.2 Å². The smallest absolute Gasteiger partial charge is 0.247 e. The molecule has 1 saturated carbocycles. The summed E-state index contributed by atoms with van der Waals surface area (Å²) in [5.74, 6) is 1.51. The van der Waals surface area contributed by atoms with E-state index < -0.39 is 0 Å². The van der Waals surface area contributed by atoms with E-state index in [0.717, 1.165) is 44.6 Å². The van der Waals surface area contributed by atoms with Gasteiger partial charge in [0.2, 0.25) is 12.3 Å². The van der Waals surface area contributed by atoms with Crippen molar-refractivity contribution in [1.82, 2.24) is 15.0 Å². The Morgan fingerprint density at radius 2 is 2.00 bits per heavy atom. The van der Waals surface area contributed by atoms with Gasteiger partial charge < -0.3 is 9.42 Å². The van der Waals surface area contributed by atoms with Gasteiger partial charge in [0, 0.05) is 12.6 Å². The standard InChI is InChI=1S/C19H29N3O2/c1-19(2,3)15-9-7-14(8-10-15)12-17(23)22-11-5-4-6-16(22)18-20-13-24-21-18/h12-13,15-16H,4-11H2,1-3H3/t15?,16-/m1/s1. The van der Waals surface area contributed by atoms with Crippen molar-refractivity contribution >= 4 is 5.91 Å². The quantitative estimate of drug-likeness (QED) is 0.759. The molecule has 1 aliphatic carbocycles. The second-order valence-electron chi connectivity index (χ2n) is 8.28. The van der Waals surface area contributed by atoms with E-state index in [2.05, 4.69) is 30.9 Å². The highest BCUT2D eigenvalue weighted by Gasteiger charge is 2.31. The molecule has 5 heteroatoms. The van der Waals surface area contributed by atoms with Gasteiger partial charge in [-0.3, -0.25) is 4.79 Å². The molecule has 1 amide bonds. The third kappa shape index (κ3) is 3.87. The van der Waals surface area contributed by atoms with Gasteiger partial charge in [0.15, 0.2) is 5.82 Å². The molecular formula is C19H29N3O2. The third-order valence-corrected chi connectivity index (χ3v) is 5.64. The van der Waals surface area contributed by atoms with Gasteiger partial charge in [-0.15, -0.1) is 0 Å². The van der Waals surface area contributed by atoms with Crippen molar-refractivity contribution < 1.29 is 9.32 Å². The fourth-order valence-corrected chi connectivity index (χ4v) is 4.05. The van der Waals surface area contributed by atoms with Crippen molar-refractivity contribution in [3.63, 3.8) is 0 Å². The number of carbonyl (C=O) groups is 1. The van der Waals surface area contributed by atoms with E-state index in [1.807, 2.05) is 11.0 Å². The number of likely N-dealkylation sites (tertiary alicyclic amines) is 1. The molecule has 0 radical (unpaired) electrons. The zero-order valence-corrected chi connectivity index (χ0v) is 15.1. The molecule has 2 heterocycles. The molecule has 0 spiro atoms. The Hall–Kier alpha value is -1.65. The summed E-state index contributed by atoms with van der Waals surface area (Å²) >= 11 is 0. The van der Waals surface area contributed by atoms with Crippen LogP contribution in [0.5, 0.6) is 0 Å². The Kier molecular flexibility index (Phi) is 5.07. The minimum absolute atomic E-state index is 0.0345. The average Bonchev–Trinajstić information content (AvgIpc) is 3.09. The van der Waals surface area contributed by atoms with Crippen LogP contribution in [0.15, 0.2) is 22.6 Å². The van der Waals surface area contributed by atoms with Crippen LogP contribution in [-0.2, 0) is 4.79 Å². The number of rotatable bonds is 2. The molecule has 1 aliphatic heterocycles. The maximum absolute atomic E-state index is 12.8. The van der Waals surface area contributed by atoms with Crippen molar-refractivity contribution in [3.05, 3.63) is 23.9 Å². The number of amides is 1. The molecule has 0 N–H and O–H groups in total. The summed E-state index contributed by atoms with van der Waals surface area (Å²) in [6.45, 7) is 7.74. The van der Waals surface area contributed by atoms with Crippen LogP contribution in [0, 0.1) is 11.3 Å². The minimum atomic E-state index is -0.0345. The molecule has 24 heavy (non-hydrogen) atoms. The molecule has 132 valence electrons. The summed E-state index contributed by atoms with van der Waals surface area (Å²) in [5.41, 5.74) is 1.67. The monoisotopic (exact) mass is 331 g/mol. The first-order valence-corrected chi connectivity index (χ1v) is 9.21. The molecule has 3 rings (SSSR count). The van der Waals surface area contributed by atoms with Crippen molar-refractivity contribution in [3.8, 4) is 0 Å². The van der Waals surface area contributed by atoms with E-state index in [1.165, 1.54) is 24.8 Å². The van der Waals surface area contributed by atoms with Crippen LogP contribution >= 0.6 is 0 Å². The number of hydrogen-bond donors (Lipinski definition) is 0. The highest BCUT2D eigenvalue weighted by molar-refractivity contribution is 5.88. The van der Waals surface area contributed by atoms with Gasteiger partial charge in [-0.05, 0) is 56.3 Å². The predicted molar refractivity (Wildman–Crippen MR) is 92.1 cm³/mol. The van der Waals surface area contributed by atoms with Crippen molar-refractivity contribution in [1.29, 1.82) is 0 Å². The maximum Gasteiger partial charge on any atom is 0.247 e. The van der Waals surface area contributed by atoms with E-state index >= 15 is 0 Å². The molecule has 1 aromatic rings. The van der Waals surface area contributed by atoms with Crippen LogP contribution in [0.4, 0.5) is 0 Å². The summed E-state index contributed by atoms with van der Waals surface area (Å²) in [6, 6.07) is -0.0345. The number of carbonyl (C=O) groups excluding carboxylic acids is 1. The molecule has 1 atom stereocenters. The molecule has 1 saturated heterocycles. The summed E-state index contributed by atoms with van der Waals surface area (Å²) < 4.78 is 4.87. The van der Waals surface area contributed by atoms with Crippen LogP contribution < -0.4 is 0 Å². The first-order chi connectivity index (χ1) is 11.4. The second kappa shape index (κ2) is 7.08. The Labute approximate surface area is 144 Å². The number of hydrogen-bond acceptors (Lipinski definition) is 4. The highest BCUT2D eigenvalue weighted by Crippen LogP contribution is 2.39. The Balaban J connectivity index is 1.65. The summed E-state index contributed by atoms with van der Waals surface area (Å²) in [7, 11) is 0. The van der Waals surface area contributed by atoms with Crippen LogP contribution in [-0.4, -0.2) is 27.5 Å². The summed E-state index contributed by atoms with van der Waals surface area (Å²) in [6.07, 6.45) is 10.8. The van der Waals surface area contributed by atoms with Crippen LogP contribution in [0.2, 0.25) is 0 Å². The third-order valence-electron chi connectivity index (χ3n) is 5.64. The largest absolute Gasteiger partial charge is 0.343 e. The molecule has 5 nitrogen and oxygen atoms in total. The Bertz CT molecular complexity index is 576. The van der Waals surface area contributed by atoms with Gasteiger partial charge in [0.25, 0.3) is 0 Å². The first kappa shape index (κ1) is 17.2. The van der Waals surface area contributed by atoms with E-state index in [-0.39, 0.29) is 11.9 Å². The molecule has 0 unspecified atom stereocenters. The van der Waals surface area contributed by atoms with Gasteiger partial charge in [-0.1, -0.05) is 31.5 Å². The van der Waals surface area contributed by atoms with Crippen LogP contribution in [0.1, 0.15) is 77.6 Å². The Morgan fingerprint density at radius 1 is 1.25 bits per heavy atom. The Morgan fingerprint density at radius 3 is 2.62 bits per heavy atom. The number of nitrogens with zero attached hydrogens (tertiary/aromatic N) is 3. The fourth-order valence-electron chi connectivity index (χ4n) is 4.05. The SMILES string of the molecule is CC(C)(C)C1CCC(=CC(=O)N2CCCC[C@@H]2c2ncon2)CC1. The molecule has 2 fully saturated rings.